The van der Waals surface area contributed by atoms with Crippen LogP contribution in [0.1, 0.15) is 44.3 Å². The van der Waals surface area contributed by atoms with Crippen molar-refractivity contribution in [2.75, 3.05) is 13.2 Å². The van der Waals surface area contributed by atoms with Crippen molar-refractivity contribution < 1.29 is 4.74 Å². The summed E-state index contributed by atoms with van der Waals surface area (Å²) < 4.78 is 8.38. The molecule has 1 N–H and O–H groups in total. The predicted molar refractivity (Wildman–Crippen MR) is 70.3 cm³/mol. The van der Waals surface area contributed by atoms with Crippen molar-refractivity contribution in [3.63, 3.8) is 0 Å². The molecule has 3 rings (SSSR count). The lowest BCUT2D eigenvalue weighted by Gasteiger charge is -2.48. The molecule has 100 valence electrons. The van der Waals surface area contributed by atoms with E-state index in [1.54, 1.807) is 0 Å². The smallest absolute Gasteiger partial charge is 0.0946 e. The highest BCUT2D eigenvalue weighted by Gasteiger charge is 2.46. The van der Waals surface area contributed by atoms with Gasteiger partial charge in [-0.25, -0.2) is 4.98 Å². The molecule has 4 nitrogen and oxygen atoms in total. The van der Waals surface area contributed by atoms with Crippen molar-refractivity contribution >= 4 is 0 Å². The zero-order valence-corrected chi connectivity index (χ0v) is 11.4. The van der Waals surface area contributed by atoms with Crippen LogP contribution in [0.15, 0.2) is 12.5 Å². The molecule has 1 aromatic rings. The van der Waals surface area contributed by atoms with Crippen molar-refractivity contribution in [1.82, 2.24) is 14.9 Å². The van der Waals surface area contributed by atoms with Crippen molar-refractivity contribution in [2.24, 2.45) is 13.0 Å². The van der Waals surface area contributed by atoms with E-state index in [1.807, 2.05) is 12.5 Å². The van der Waals surface area contributed by atoms with Gasteiger partial charge < -0.3 is 14.6 Å². The Kier molecular flexibility index (Phi) is 3.16. The van der Waals surface area contributed by atoms with Gasteiger partial charge in [-0.3, -0.25) is 0 Å². The minimum atomic E-state index is -0.0102. The number of hydrogen-bond acceptors (Lipinski definition) is 3. The van der Waals surface area contributed by atoms with E-state index in [-0.39, 0.29) is 5.60 Å². The van der Waals surface area contributed by atoms with Crippen LogP contribution in [0.25, 0.3) is 0 Å². The van der Waals surface area contributed by atoms with Gasteiger partial charge in [0, 0.05) is 19.8 Å². The molecule has 1 aromatic heterocycles. The maximum Gasteiger partial charge on any atom is 0.0946 e. The highest BCUT2D eigenvalue weighted by atomic mass is 16.5. The van der Waals surface area contributed by atoms with Crippen molar-refractivity contribution in [3.05, 3.63) is 18.2 Å². The van der Waals surface area contributed by atoms with Gasteiger partial charge in [0.25, 0.3) is 0 Å². The van der Waals surface area contributed by atoms with Crippen LogP contribution < -0.4 is 5.32 Å². The summed E-state index contributed by atoms with van der Waals surface area (Å²) in [6.07, 6.45) is 8.80. The molecule has 1 spiro atoms. The molecule has 4 heteroatoms. The zero-order chi connectivity index (χ0) is 12.6. The van der Waals surface area contributed by atoms with Gasteiger partial charge in [-0.1, -0.05) is 19.8 Å². The molecule has 1 saturated heterocycles. The SMILES string of the molecule is CC1CCCC2(C1)OCCNC2c1cncn1C. The van der Waals surface area contributed by atoms with Gasteiger partial charge in [-0.05, 0) is 18.8 Å². The number of nitrogens with one attached hydrogen (secondary N) is 1. The summed E-state index contributed by atoms with van der Waals surface area (Å²) in [5.74, 6) is 0.759. The Morgan fingerprint density at radius 1 is 1.56 bits per heavy atom. The molecule has 3 atom stereocenters. The summed E-state index contributed by atoms with van der Waals surface area (Å²) >= 11 is 0. The molecule has 0 aromatic carbocycles. The maximum atomic E-state index is 6.26. The molecule has 3 unspecified atom stereocenters. The van der Waals surface area contributed by atoms with Gasteiger partial charge >= 0.3 is 0 Å². The van der Waals surface area contributed by atoms with Crippen LogP contribution in [0.2, 0.25) is 0 Å². The number of hydrogen-bond donors (Lipinski definition) is 1. The average molecular weight is 249 g/mol. The Morgan fingerprint density at radius 2 is 2.44 bits per heavy atom. The van der Waals surface area contributed by atoms with Crippen LogP contribution in [-0.4, -0.2) is 28.3 Å². The molecule has 0 amide bonds. The number of nitrogens with zero attached hydrogens (tertiary/aromatic N) is 2. The van der Waals surface area contributed by atoms with E-state index in [0.717, 1.165) is 25.5 Å². The highest BCUT2D eigenvalue weighted by molar-refractivity contribution is 5.14. The lowest BCUT2D eigenvalue weighted by atomic mass is 9.73. The topological polar surface area (TPSA) is 39.1 Å². The van der Waals surface area contributed by atoms with Gasteiger partial charge in [0.05, 0.1) is 30.3 Å². The molecule has 1 aliphatic heterocycles. The van der Waals surface area contributed by atoms with Crippen molar-refractivity contribution in [2.45, 2.75) is 44.2 Å². The first kappa shape index (κ1) is 12.2. The summed E-state index contributed by atoms with van der Waals surface area (Å²) in [6.45, 7) is 4.12. The summed E-state index contributed by atoms with van der Waals surface area (Å²) in [4.78, 5) is 4.26. The molecule has 1 aliphatic carbocycles. The van der Waals surface area contributed by atoms with Gasteiger partial charge in [0.2, 0.25) is 0 Å². The molecule has 2 heterocycles. The lowest BCUT2D eigenvalue weighted by molar-refractivity contribution is -0.129. The van der Waals surface area contributed by atoms with E-state index in [0.29, 0.717) is 6.04 Å². The van der Waals surface area contributed by atoms with Crippen LogP contribution in [0.4, 0.5) is 0 Å². The fourth-order valence-corrected chi connectivity index (χ4v) is 3.68. The number of morpholine rings is 1. The number of imidazole rings is 1. The normalized spacial score (nSPS) is 37.0. The van der Waals surface area contributed by atoms with E-state index >= 15 is 0 Å². The Hall–Kier alpha value is -0.870. The number of rotatable bonds is 1. The standard InChI is InChI=1S/C14H23N3O/c1-11-4-3-5-14(8-11)13(16-6-7-18-14)12-9-15-10-17(12)2/h9-11,13,16H,3-8H2,1-2H3. The number of aromatic nitrogens is 2. The van der Waals surface area contributed by atoms with Gasteiger partial charge in [0.15, 0.2) is 0 Å². The van der Waals surface area contributed by atoms with Crippen molar-refractivity contribution in [3.8, 4) is 0 Å². The third-order valence-electron chi connectivity index (χ3n) is 4.51. The Balaban J connectivity index is 1.92. The fourth-order valence-electron chi connectivity index (χ4n) is 3.68. The van der Waals surface area contributed by atoms with Crippen LogP contribution in [0.5, 0.6) is 0 Å². The fraction of sp³-hybridized carbons (Fsp3) is 0.786. The van der Waals surface area contributed by atoms with Crippen molar-refractivity contribution in [1.29, 1.82) is 0 Å². The lowest BCUT2D eigenvalue weighted by Crippen LogP contribution is -2.54. The second-order valence-electron chi connectivity index (χ2n) is 5.93. The third-order valence-corrected chi connectivity index (χ3v) is 4.51. The maximum absolute atomic E-state index is 6.26. The Labute approximate surface area is 109 Å². The molecule has 0 radical (unpaired) electrons. The monoisotopic (exact) mass is 249 g/mol. The van der Waals surface area contributed by atoms with E-state index in [2.05, 4.69) is 28.8 Å². The molecular weight excluding hydrogens is 226 g/mol. The first-order valence-corrected chi connectivity index (χ1v) is 7.05. The van der Waals surface area contributed by atoms with Crippen LogP contribution in [-0.2, 0) is 11.8 Å². The average Bonchev–Trinajstić information content (AvgIpc) is 2.76. The van der Waals surface area contributed by atoms with Gasteiger partial charge in [0.1, 0.15) is 0 Å². The summed E-state index contributed by atoms with van der Waals surface area (Å²) in [7, 11) is 2.07. The van der Waals surface area contributed by atoms with Crippen LogP contribution in [0.3, 0.4) is 0 Å². The molecule has 1 saturated carbocycles. The van der Waals surface area contributed by atoms with Crippen LogP contribution in [0, 0.1) is 5.92 Å². The second kappa shape index (κ2) is 4.67. The number of ether oxygens (including phenoxy) is 1. The van der Waals surface area contributed by atoms with E-state index in [9.17, 15) is 0 Å². The first-order chi connectivity index (χ1) is 8.71. The summed E-state index contributed by atoms with van der Waals surface area (Å²) in [5.41, 5.74) is 1.24. The number of aryl methyl sites for hydroxylation is 1. The highest BCUT2D eigenvalue weighted by Crippen LogP contribution is 2.44. The van der Waals surface area contributed by atoms with E-state index in [4.69, 9.17) is 4.74 Å². The van der Waals surface area contributed by atoms with Gasteiger partial charge in [-0.15, -0.1) is 0 Å². The predicted octanol–water partition coefficient (Wildman–Crippen LogP) is 2.03. The quantitative estimate of drug-likeness (QED) is 0.827. The largest absolute Gasteiger partial charge is 0.372 e. The molecular formula is C14H23N3O. The Bertz CT molecular complexity index is 413. The molecule has 2 aliphatic rings. The van der Waals surface area contributed by atoms with E-state index in [1.165, 1.54) is 25.0 Å². The molecule has 18 heavy (non-hydrogen) atoms. The Morgan fingerprint density at radius 3 is 3.17 bits per heavy atom. The van der Waals surface area contributed by atoms with E-state index < -0.39 is 0 Å². The zero-order valence-electron chi connectivity index (χ0n) is 11.4. The molecule has 0 bridgehead atoms. The summed E-state index contributed by atoms with van der Waals surface area (Å²) in [6, 6.07) is 0.293. The molecule has 2 fully saturated rings. The first-order valence-electron chi connectivity index (χ1n) is 7.05. The minimum absolute atomic E-state index is 0.0102. The summed E-state index contributed by atoms with van der Waals surface area (Å²) in [5, 5.41) is 3.66. The minimum Gasteiger partial charge on any atom is -0.372 e. The van der Waals surface area contributed by atoms with Crippen LogP contribution >= 0.6 is 0 Å². The third kappa shape index (κ3) is 1.97. The van der Waals surface area contributed by atoms with Gasteiger partial charge in [-0.2, -0.15) is 0 Å². The second-order valence-corrected chi connectivity index (χ2v) is 5.93.